The minimum atomic E-state index is -0.988. The van der Waals surface area contributed by atoms with Crippen molar-refractivity contribution in [3.63, 3.8) is 0 Å². The molecule has 0 aliphatic heterocycles. The van der Waals surface area contributed by atoms with Gasteiger partial charge in [0.25, 0.3) is 0 Å². The topological polar surface area (TPSA) is 39.2 Å². The van der Waals surface area contributed by atoms with Gasteiger partial charge in [0, 0.05) is 95.1 Å². The van der Waals surface area contributed by atoms with Gasteiger partial charge < -0.3 is 28.4 Å². The molecule has 596 valence electrons. The molecule has 2 heterocycles. The third-order valence-corrected chi connectivity index (χ3v) is 27.9. The highest BCUT2D eigenvalue weighted by Gasteiger charge is 2.59. The maximum atomic E-state index is 7.75. The predicted octanol–water partition coefficient (Wildman–Crippen LogP) is 32.5. The molecular weight excluding hydrogens is 1540 g/mol. The second-order valence-electron chi connectivity index (χ2n) is 34.8. The number of fused-ring (bicyclic) bond motifs is 28. The fourth-order valence-corrected chi connectivity index (χ4v) is 22.7. The first-order valence-corrected chi connectivity index (χ1v) is 44.0. The van der Waals surface area contributed by atoms with E-state index in [1.54, 1.807) is 0 Å². The van der Waals surface area contributed by atoms with Crippen LogP contribution >= 0.6 is 0 Å². The lowest BCUT2D eigenvalue weighted by atomic mass is 9.72. The second-order valence-corrected chi connectivity index (χ2v) is 34.8. The molecule has 0 saturated carbocycles. The van der Waals surface area contributed by atoms with Crippen LogP contribution in [0.25, 0.3) is 111 Å². The minimum Gasteiger partial charge on any atom is -0.459 e. The smallest absolute Gasteiger partial charge is 0.135 e. The summed E-state index contributed by atoms with van der Waals surface area (Å²) in [5.41, 5.74) is 37.9. The van der Waals surface area contributed by atoms with E-state index < -0.39 is 10.8 Å². The summed E-state index contributed by atoms with van der Waals surface area (Å²) in [4.78, 5) is 9.93. The van der Waals surface area contributed by atoms with Gasteiger partial charge in [-0.3, -0.25) is 0 Å². The fraction of sp³-hybridized carbons (Fsp3) is 0.0413. The summed E-state index contributed by atoms with van der Waals surface area (Å²) in [5, 5.41) is 4.53. The van der Waals surface area contributed by atoms with E-state index in [0.717, 1.165) is 191 Å². The molecule has 0 saturated heterocycles. The summed E-state index contributed by atoms with van der Waals surface area (Å²) >= 11 is 0. The number of anilines is 12. The van der Waals surface area contributed by atoms with E-state index in [1.165, 1.54) is 44.2 Å². The second kappa shape index (κ2) is 27.9. The van der Waals surface area contributed by atoms with E-state index in [4.69, 9.17) is 8.83 Å². The molecule has 2 spiro atoms. The molecule has 127 heavy (non-hydrogen) atoms. The average molecular weight is 1620 g/mol. The number of hydrogen-bond donors (Lipinski definition) is 0. The summed E-state index contributed by atoms with van der Waals surface area (Å²) in [6.07, 6.45) is 0. The molecule has 6 nitrogen and oxygen atoms in total. The number of nitrogens with zero attached hydrogens (tertiary/aromatic N) is 4. The molecule has 21 aromatic rings. The normalized spacial score (nSPS) is 15.1. The molecule has 26 rings (SSSR count). The van der Waals surface area contributed by atoms with Crippen LogP contribution in [-0.4, -0.2) is 0 Å². The molecule has 2 atom stereocenters. The highest BCUT2D eigenvalue weighted by molar-refractivity contribution is 6.12. The van der Waals surface area contributed by atoms with Crippen molar-refractivity contribution in [2.24, 2.45) is 0 Å². The van der Waals surface area contributed by atoms with Crippen molar-refractivity contribution in [1.29, 1.82) is 0 Å². The molecule has 0 N–H and O–H groups in total. The largest absolute Gasteiger partial charge is 0.459 e. The molecule has 2 unspecified atom stereocenters. The summed E-state index contributed by atoms with van der Waals surface area (Å²) in [7, 11) is 0. The van der Waals surface area contributed by atoms with Crippen molar-refractivity contribution in [3.8, 4) is 77.9 Å². The Bertz CT molecular complexity index is 8050. The van der Waals surface area contributed by atoms with Crippen molar-refractivity contribution in [2.45, 2.75) is 30.1 Å². The number of para-hydroxylation sites is 7. The maximum absolute atomic E-state index is 7.75. The van der Waals surface area contributed by atoms with Gasteiger partial charge in [-0.15, -0.1) is 0 Å². The fourth-order valence-electron chi connectivity index (χ4n) is 22.7. The van der Waals surface area contributed by atoms with E-state index in [9.17, 15) is 0 Å². The van der Waals surface area contributed by atoms with Crippen LogP contribution in [0.15, 0.2) is 458 Å². The van der Waals surface area contributed by atoms with Crippen molar-refractivity contribution < 1.29 is 8.83 Å². The first-order chi connectivity index (χ1) is 62.8. The Labute approximate surface area is 737 Å². The molecule has 5 aliphatic carbocycles. The molecule has 19 aromatic carbocycles. The van der Waals surface area contributed by atoms with Crippen LogP contribution in [0.4, 0.5) is 68.2 Å². The zero-order valence-corrected chi connectivity index (χ0v) is 69.8. The van der Waals surface area contributed by atoms with Crippen LogP contribution in [-0.2, 0) is 16.2 Å². The van der Waals surface area contributed by atoms with Crippen LogP contribution in [0.1, 0.15) is 69.9 Å². The lowest BCUT2D eigenvalue weighted by molar-refractivity contribution is 0.506. The number of furan rings is 2. The minimum absolute atomic E-state index is 0.268. The van der Waals surface area contributed by atoms with E-state index >= 15 is 0 Å². The highest BCUT2D eigenvalue weighted by atomic mass is 16.3. The summed E-state index contributed by atoms with van der Waals surface area (Å²) < 4.78 is 15.4. The zero-order chi connectivity index (χ0) is 83.8. The van der Waals surface area contributed by atoms with Gasteiger partial charge in [-0.1, -0.05) is 323 Å². The van der Waals surface area contributed by atoms with E-state index in [2.05, 4.69) is 482 Å². The molecular formula is C121H80N4O2. The summed E-state index contributed by atoms with van der Waals surface area (Å²) in [5.74, 6) is 1.84. The maximum Gasteiger partial charge on any atom is 0.135 e. The Kier molecular flexibility index (Phi) is 15.9. The highest BCUT2D eigenvalue weighted by Crippen LogP contribution is 2.71. The molecule has 0 radical (unpaired) electrons. The van der Waals surface area contributed by atoms with Gasteiger partial charge in [0.2, 0.25) is 0 Å². The quantitative estimate of drug-likeness (QED) is 0.108. The van der Waals surface area contributed by atoms with Crippen LogP contribution in [0.5, 0.6) is 0 Å². The standard InChI is InChI=1S/C121H80N4O2/c1-119(2)99-54-25-20-49-91(99)92-69-67-89(76-105(92)119)125(106-58-27-22-48-90(106)78-35-8-3-9-36-78)109-61-31-53-96-112-94-51-23-28-62-110(94)126-117(112)121(116(96)109)100-55-26-21-50-93(100)113-103(121)56-32-59-107(113)124(85-45-16-7-17-46-85)86-47-30-38-80(73-86)81-65-70-101-97(74-81)98-75-88(122(82-39-10-4-11-40-82)87-66-64-77-34-18-19-37-79(77)72-87)68-71-102(98)120(101)104-57-33-60-108(115(104)114-95-52-24-29-63-111(95)127-118(114)120)123(83-41-12-5-13-42-83)84-43-14-6-15-44-84/h3-76H,1-2H3. The van der Waals surface area contributed by atoms with Gasteiger partial charge in [0.05, 0.1) is 22.7 Å². The first-order valence-electron chi connectivity index (χ1n) is 44.0. The predicted molar refractivity (Wildman–Crippen MR) is 523 cm³/mol. The van der Waals surface area contributed by atoms with Crippen LogP contribution in [0.2, 0.25) is 0 Å². The Morgan fingerprint density at radius 2 is 0.622 bits per heavy atom. The summed E-state index contributed by atoms with van der Waals surface area (Å²) in [6.45, 7) is 4.78. The molecule has 6 heteroatoms. The first kappa shape index (κ1) is 72.4. The van der Waals surface area contributed by atoms with Gasteiger partial charge in [0.15, 0.2) is 0 Å². The Hall–Kier alpha value is -16.3. The van der Waals surface area contributed by atoms with Crippen molar-refractivity contribution >= 4 is 101 Å². The Morgan fingerprint density at radius 3 is 1.32 bits per heavy atom. The third kappa shape index (κ3) is 10.4. The van der Waals surface area contributed by atoms with Crippen LogP contribution < -0.4 is 19.6 Å². The van der Waals surface area contributed by atoms with Crippen LogP contribution in [0, 0.1) is 0 Å². The van der Waals surface area contributed by atoms with Gasteiger partial charge >= 0.3 is 0 Å². The van der Waals surface area contributed by atoms with Gasteiger partial charge in [0.1, 0.15) is 33.5 Å². The molecule has 0 amide bonds. The van der Waals surface area contributed by atoms with E-state index in [0.29, 0.717) is 0 Å². The Morgan fingerprint density at radius 1 is 0.197 bits per heavy atom. The monoisotopic (exact) mass is 1620 g/mol. The SMILES string of the molecule is CC1(C)c2ccccc2-c2ccc(N(c3ccccc3-c3ccccc3)c3cccc4c3C3(c5ccccc5-c5c(N(c6ccccc6)c6cccc(-c7ccc8c(c7)-c7cc(N(c9ccccc9)c9ccc%10ccccc%10c9)ccc7C87c8cccc(N(c9ccccc9)c9ccccc9)c8-c8c7oc7ccccc87)c6)cccc53)c3oc5ccccc5c3-4)cc21. The van der Waals surface area contributed by atoms with E-state index in [1.807, 2.05) is 0 Å². The zero-order valence-electron chi connectivity index (χ0n) is 69.8. The van der Waals surface area contributed by atoms with Crippen molar-refractivity contribution in [2.75, 3.05) is 19.6 Å². The molecule has 0 fully saturated rings. The van der Waals surface area contributed by atoms with Crippen molar-refractivity contribution in [3.05, 3.63) is 505 Å². The van der Waals surface area contributed by atoms with Gasteiger partial charge in [-0.2, -0.15) is 0 Å². The third-order valence-electron chi connectivity index (χ3n) is 27.9. The average Bonchev–Trinajstić information content (AvgIpc) is 1.49. The number of benzene rings is 19. The van der Waals surface area contributed by atoms with Crippen LogP contribution in [0.3, 0.4) is 0 Å². The Balaban J connectivity index is 0.686. The molecule has 2 aromatic heterocycles. The number of rotatable bonds is 14. The van der Waals surface area contributed by atoms with Gasteiger partial charge in [-0.05, 0) is 239 Å². The molecule has 5 aliphatic rings. The molecule has 0 bridgehead atoms. The lowest BCUT2D eigenvalue weighted by Gasteiger charge is -2.36. The number of hydrogen-bond acceptors (Lipinski definition) is 6. The van der Waals surface area contributed by atoms with E-state index in [-0.39, 0.29) is 5.41 Å². The lowest BCUT2D eigenvalue weighted by Crippen LogP contribution is -2.28. The summed E-state index contributed by atoms with van der Waals surface area (Å²) in [6, 6.07) is 166. The van der Waals surface area contributed by atoms with Crippen molar-refractivity contribution in [1.82, 2.24) is 0 Å². The van der Waals surface area contributed by atoms with Gasteiger partial charge in [-0.25, -0.2) is 0 Å².